The average Bonchev–Trinajstić information content (AvgIpc) is 2.42. The summed E-state index contributed by atoms with van der Waals surface area (Å²) in [6.07, 6.45) is 1.69. The molecule has 0 bridgehead atoms. The van der Waals surface area contributed by atoms with E-state index >= 15 is 0 Å². The maximum Gasteiger partial charge on any atom is 0.244 e. The molecule has 0 aliphatic carbocycles. The second kappa shape index (κ2) is 6.35. The highest BCUT2D eigenvalue weighted by Crippen LogP contribution is 2.12. The van der Waals surface area contributed by atoms with E-state index in [1.807, 2.05) is 30.3 Å². The molecule has 0 fully saturated rings. The Kier molecular flexibility index (Phi) is 4.29. The van der Waals surface area contributed by atoms with Gasteiger partial charge in [0, 0.05) is 5.56 Å². The summed E-state index contributed by atoms with van der Waals surface area (Å²) in [5.41, 5.74) is 3.91. The standard InChI is InChI=1S/C15H14N2O2/c18-14-9-5-4-8-13(14)11-16-17-15(19)10-12-6-2-1-3-7-12/h1-9,11,18H,10H2,(H,17,19)/b16-11-. The van der Waals surface area contributed by atoms with Crippen LogP contribution in [0.5, 0.6) is 5.75 Å². The number of benzene rings is 2. The van der Waals surface area contributed by atoms with Gasteiger partial charge in [0.2, 0.25) is 5.91 Å². The first-order valence-electron chi connectivity index (χ1n) is 5.89. The Morgan fingerprint density at radius 1 is 1.11 bits per heavy atom. The molecule has 2 aromatic carbocycles. The number of rotatable bonds is 4. The number of para-hydroxylation sites is 1. The van der Waals surface area contributed by atoms with Crippen LogP contribution in [0.25, 0.3) is 0 Å². The number of phenols is 1. The Morgan fingerprint density at radius 3 is 2.53 bits per heavy atom. The third kappa shape index (κ3) is 3.96. The molecule has 2 N–H and O–H groups in total. The number of hydrogen-bond donors (Lipinski definition) is 2. The van der Waals surface area contributed by atoms with E-state index in [4.69, 9.17) is 0 Å². The zero-order chi connectivity index (χ0) is 13.5. The fourth-order valence-corrected chi connectivity index (χ4v) is 1.59. The second-order valence-electron chi connectivity index (χ2n) is 4.01. The van der Waals surface area contributed by atoms with Gasteiger partial charge in [-0.05, 0) is 17.7 Å². The van der Waals surface area contributed by atoms with Gasteiger partial charge in [0.1, 0.15) is 5.75 Å². The van der Waals surface area contributed by atoms with E-state index in [2.05, 4.69) is 10.5 Å². The van der Waals surface area contributed by atoms with Gasteiger partial charge in [-0.2, -0.15) is 5.10 Å². The van der Waals surface area contributed by atoms with Crippen LogP contribution in [0.4, 0.5) is 0 Å². The first-order valence-corrected chi connectivity index (χ1v) is 5.89. The molecule has 0 saturated carbocycles. The lowest BCUT2D eigenvalue weighted by Crippen LogP contribution is -2.19. The summed E-state index contributed by atoms with van der Waals surface area (Å²) in [6.45, 7) is 0. The van der Waals surface area contributed by atoms with Crippen LogP contribution in [0.2, 0.25) is 0 Å². The SMILES string of the molecule is O=C(Cc1ccccc1)N/N=C\c1ccccc1O. The largest absolute Gasteiger partial charge is 0.507 e. The molecule has 2 aromatic rings. The van der Waals surface area contributed by atoms with Gasteiger partial charge in [-0.3, -0.25) is 4.79 Å². The fourth-order valence-electron chi connectivity index (χ4n) is 1.59. The molecule has 96 valence electrons. The topological polar surface area (TPSA) is 61.7 Å². The van der Waals surface area contributed by atoms with Crippen molar-refractivity contribution < 1.29 is 9.90 Å². The van der Waals surface area contributed by atoms with Crippen molar-refractivity contribution in [1.29, 1.82) is 0 Å². The molecular formula is C15H14N2O2. The molecule has 0 unspecified atom stereocenters. The molecule has 1 amide bonds. The van der Waals surface area contributed by atoms with E-state index in [1.54, 1.807) is 24.3 Å². The predicted octanol–water partition coefficient (Wildman–Crippen LogP) is 2.09. The number of carbonyl (C=O) groups is 1. The van der Waals surface area contributed by atoms with Crippen LogP contribution >= 0.6 is 0 Å². The van der Waals surface area contributed by atoms with Crippen LogP contribution in [0.3, 0.4) is 0 Å². The Labute approximate surface area is 111 Å². The quantitative estimate of drug-likeness (QED) is 0.648. The number of aromatic hydroxyl groups is 1. The maximum atomic E-state index is 11.6. The summed E-state index contributed by atoms with van der Waals surface area (Å²) in [5, 5.41) is 13.3. The summed E-state index contributed by atoms with van der Waals surface area (Å²) in [7, 11) is 0. The highest BCUT2D eigenvalue weighted by atomic mass is 16.3. The monoisotopic (exact) mass is 254 g/mol. The van der Waals surface area contributed by atoms with Gasteiger partial charge in [-0.15, -0.1) is 0 Å². The number of nitrogens with zero attached hydrogens (tertiary/aromatic N) is 1. The van der Waals surface area contributed by atoms with Crippen molar-refractivity contribution in [3.05, 3.63) is 65.7 Å². The molecule has 4 nitrogen and oxygen atoms in total. The van der Waals surface area contributed by atoms with Crippen LogP contribution in [-0.4, -0.2) is 17.2 Å². The van der Waals surface area contributed by atoms with Crippen molar-refractivity contribution >= 4 is 12.1 Å². The minimum absolute atomic E-state index is 0.128. The number of nitrogens with one attached hydrogen (secondary N) is 1. The van der Waals surface area contributed by atoms with Gasteiger partial charge in [0.15, 0.2) is 0 Å². The lowest BCUT2D eigenvalue weighted by molar-refractivity contribution is -0.120. The maximum absolute atomic E-state index is 11.6. The lowest BCUT2D eigenvalue weighted by Gasteiger charge is -2.00. The number of phenolic OH excluding ortho intramolecular Hbond substituents is 1. The van der Waals surface area contributed by atoms with Crippen LogP contribution in [0.15, 0.2) is 59.7 Å². The predicted molar refractivity (Wildman–Crippen MR) is 74.0 cm³/mol. The number of amides is 1. The Hall–Kier alpha value is -2.62. The molecule has 0 aliphatic heterocycles. The van der Waals surface area contributed by atoms with Crippen LogP contribution in [0, 0.1) is 0 Å². The van der Waals surface area contributed by atoms with Crippen LogP contribution in [-0.2, 0) is 11.2 Å². The lowest BCUT2D eigenvalue weighted by atomic mass is 10.1. The van der Waals surface area contributed by atoms with Gasteiger partial charge >= 0.3 is 0 Å². The van der Waals surface area contributed by atoms with Crippen molar-refractivity contribution in [2.24, 2.45) is 5.10 Å². The van der Waals surface area contributed by atoms with Crippen molar-refractivity contribution in [1.82, 2.24) is 5.43 Å². The van der Waals surface area contributed by atoms with E-state index in [1.165, 1.54) is 6.21 Å². The van der Waals surface area contributed by atoms with E-state index in [0.29, 0.717) is 5.56 Å². The molecule has 0 radical (unpaired) electrons. The van der Waals surface area contributed by atoms with E-state index in [9.17, 15) is 9.90 Å². The van der Waals surface area contributed by atoms with Gasteiger partial charge in [0.05, 0.1) is 12.6 Å². The van der Waals surface area contributed by atoms with Gasteiger partial charge in [-0.25, -0.2) is 5.43 Å². The zero-order valence-corrected chi connectivity index (χ0v) is 10.3. The van der Waals surface area contributed by atoms with Crippen molar-refractivity contribution in [2.45, 2.75) is 6.42 Å². The first kappa shape index (κ1) is 12.8. The summed E-state index contributed by atoms with van der Waals surface area (Å²) in [5.74, 6) is -0.0681. The molecule has 0 aliphatic rings. The number of carbonyl (C=O) groups excluding carboxylic acids is 1. The van der Waals surface area contributed by atoms with E-state index in [-0.39, 0.29) is 18.1 Å². The molecular weight excluding hydrogens is 240 g/mol. The van der Waals surface area contributed by atoms with Gasteiger partial charge < -0.3 is 5.11 Å². The summed E-state index contributed by atoms with van der Waals surface area (Å²) >= 11 is 0. The first-order chi connectivity index (χ1) is 9.25. The highest BCUT2D eigenvalue weighted by Gasteiger charge is 2.01. The number of hydrogen-bond acceptors (Lipinski definition) is 3. The molecule has 0 saturated heterocycles. The van der Waals surface area contributed by atoms with Crippen LogP contribution < -0.4 is 5.43 Å². The molecule has 0 heterocycles. The molecule has 2 rings (SSSR count). The minimum atomic E-state index is -0.196. The third-order valence-corrected chi connectivity index (χ3v) is 2.54. The van der Waals surface area contributed by atoms with Crippen molar-refractivity contribution in [2.75, 3.05) is 0 Å². The van der Waals surface area contributed by atoms with Gasteiger partial charge in [0.25, 0.3) is 0 Å². The molecule has 0 spiro atoms. The normalized spacial score (nSPS) is 10.5. The molecule has 4 heteroatoms. The molecule has 0 atom stereocenters. The zero-order valence-electron chi connectivity index (χ0n) is 10.3. The summed E-state index contributed by atoms with van der Waals surface area (Å²) in [6, 6.07) is 16.2. The summed E-state index contributed by atoms with van der Waals surface area (Å²) in [4.78, 5) is 11.6. The van der Waals surface area contributed by atoms with E-state index in [0.717, 1.165) is 5.56 Å². The third-order valence-electron chi connectivity index (χ3n) is 2.54. The average molecular weight is 254 g/mol. The van der Waals surface area contributed by atoms with Crippen molar-refractivity contribution in [3.8, 4) is 5.75 Å². The fraction of sp³-hybridized carbons (Fsp3) is 0.0667. The summed E-state index contributed by atoms with van der Waals surface area (Å²) < 4.78 is 0. The smallest absolute Gasteiger partial charge is 0.244 e. The minimum Gasteiger partial charge on any atom is -0.507 e. The second-order valence-corrected chi connectivity index (χ2v) is 4.01. The Bertz CT molecular complexity index is 580. The van der Waals surface area contributed by atoms with Gasteiger partial charge in [-0.1, -0.05) is 42.5 Å². The highest BCUT2D eigenvalue weighted by molar-refractivity contribution is 5.85. The molecule has 0 aromatic heterocycles. The Balaban J connectivity index is 1.89. The number of hydrazone groups is 1. The molecule has 19 heavy (non-hydrogen) atoms. The Morgan fingerprint density at radius 2 is 1.79 bits per heavy atom. The van der Waals surface area contributed by atoms with Crippen molar-refractivity contribution in [3.63, 3.8) is 0 Å². The van der Waals surface area contributed by atoms with Crippen LogP contribution in [0.1, 0.15) is 11.1 Å². The van der Waals surface area contributed by atoms with E-state index < -0.39 is 0 Å².